The van der Waals surface area contributed by atoms with Crippen LogP contribution in [0.5, 0.6) is 0 Å². The standard InChI is InChI=1S/C10H9Br2ClN2O2/c11-6-1-5(3-9(16)17)2-7(12)10(6)15-8(14)4-13/h1-2H,3-4H2,(H2,14,15)(H,16,17). The van der Waals surface area contributed by atoms with E-state index in [0.29, 0.717) is 26.0 Å². The van der Waals surface area contributed by atoms with Crippen LogP contribution in [0.3, 0.4) is 0 Å². The van der Waals surface area contributed by atoms with Crippen LogP contribution in [0, 0.1) is 0 Å². The molecule has 0 aliphatic carbocycles. The average Bonchev–Trinajstić information content (AvgIpc) is 2.22. The van der Waals surface area contributed by atoms with Crippen LogP contribution in [-0.4, -0.2) is 22.8 Å². The number of carbonyl (C=O) groups is 1. The summed E-state index contributed by atoms with van der Waals surface area (Å²) in [6.07, 6.45) is -0.0494. The van der Waals surface area contributed by atoms with Crippen LogP contribution >= 0.6 is 43.5 Å². The Morgan fingerprint density at radius 3 is 2.35 bits per heavy atom. The van der Waals surface area contributed by atoms with Crippen molar-refractivity contribution in [3.63, 3.8) is 0 Å². The molecular weight excluding hydrogens is 375 g/mol. The number of carboxylic acid groups (broad SMARTS) is 1. The first-order valence-corrected chi connectivity index (χ1v) is 6.64. The molecule has 0 saturated carbocycles. The van der Waals surface area contributed by atoms with E-state index in [0.717, 1.165) is 0 Å². The fraction of sp³-hybridized carbons (Fsp3) is 0.200. The molecule has 0 heterocycles. The summed E-state index contributed by atoms with van der Waals surface area (Å²) in [6.45, 7) is 0. The lowest BCUT2D eigenvalue weighted by molar-refractivity contribution is -0.136. The lowest BCUT2D eigenvalue weighted by Crippen LogP contribution is -2.12. The van der Waals surface area contributed by atoms with E-state index in [4.69, 9.17) is 22.4 Å². The zero-order valence-electron chi connectivity index (χ0n) is 8.58. The minimum atomic E-state index is -0.889. The third-order valence-corrected chi connectivity index (χ3v) is 3.31. The average molecular weight is 384 g/mol. The van der Waals surface area contributed by atoms with Crippen LogP contribution in [0.15, 0.2) is 26.1 Å². The molecule has 0 aromatic heterocycles. The number of alkyl halides is 1. The molecule has 0 atom stereocenters. The summed E-state index contributed by atoms with van der Waals surface area (Å²) in [5.74, 6) is -0.463. The van der Waals surface area contributed by atoms with Crippen molar-refractivity contribution in [2.75, 3.05) is 5.88 Å². The molecule has 92 valence electrons. The van der Waals surface area contributed by atoms with Gasteiger partial charge in [-0.3, -0.25) is 4.79 Å². The Labute approximate surface area is 120 Å². The van der Waals surface area contributed by atoms with Crippen molar-refractivity contribution in [1.29, 1.82) is 0 Å². The third-order valence-electron chi connectivity index (χ3n) is 1.82. The molecule has 17 heavy (non-hydrogen) atoms. The second-order valence-corrected chi connectivity index (χ2v) is 5.19. The predicted molar refractivity (Wildman–Crippen MR) is 75.2 cm³/mol. The maximum Gasteiger partial charge on any atom is 0.307 e. The Morgan fingerprint density at radius 1 is 1.41 bits per heavy atom. The molecule has 0 unspecified atom stereocenters. The fourth-order valence-electron chi connectivity index (χ4n) is 1.17. The van der Waals surface area contributed by atoms with E-state index in [1.54, 1.807) is 12.1 Å². The van der Waals surface area contributed by atoms with Gasteiger partial charge in [-0.1, -0.05) is 0 Å². The van der Waals surface area contributed by atoms with Crippen molar-refractivity contribution >= 4 is 61.0 Å². The fourth-order valence-corrected chi connectivity index (χ4v) is 2.69. The monoisotopic (exact) mass is 382 g/mol. The lowest BCUT2D eigenvalue weighted by atomic mass is 10.1. The van der Waals surface area contributed by atoms with E-state index in [2.05, 4.69) is 36.9 Å². The van der Waals surface area contributed by atoms with Gasteiger partial charge < -0.3 is 10.8 Å². The minimum Gasteiger partial charge on any atom is -0.481 e. The molecule has 7 heteroatoms. The van der Waals surface area contributed by atoms with Gasteiger partial charge in [0.25, 0.3) is 0 Å². The predicted octanol–water partition coefficient (Wildman–Crippen LogP) is 3.07. The number of nitrogens with two attached hydrogens (primary N) is 1. The maximum absolute atomic E-state index is 10.6. The minimum absolute atomic E-state index is 0.0494. The number of halogens is 3. The molecule has 0 spiro atoms. The van der Waals surface area contributed by atoms with Crippen molar-refractivity contribution in [2.24, 2.45) is 10.7 Å². The van der Waals surface area contributed by atoms with Crippen LogP contribution in [-0.2, 0) is 11.2 Å². The maximum atomic E-state index is 10.6. The summed E-state index contributed by atoms with van der Waals surface area (Å²) >= 11 is 12.2. The number of hydrogen-bond donors (Lipinski definition) is 2. The van der Waals surface area contributed by atoms with Gasteiger partial charge in [0, 0.05) is 8.95 Å². The molecule has 0 aliphatic heterocycles. The van der Waals surface area contributed by atoms with Gasteiger partial charge >= 0.3 is 5.97 Å². The van der Waals surface area contributed by atoms with Gasteiger partial charge in [-0.25, -0.2) is 4.99 Å². The highest BCUT2D eigenvalue weighted by molar-refractivity contribution is 9.11. The zero-order chi connectivity index (χ0) is 13.0. The van der Waals surface area contributed by atoms with Crippen molar-refractivity contribution in [1.82, 2.24) is 0 Å². The number of rotatable bonds is 4. The van der Waals surface area contributed by atoms with Crippen LogP contribution in [0.4, 0.5) is 5.69 Å². The molecule has 0 amide bonds. The summed E-state index contributed by atoms with van der Waals surface area (Å²) in [7, 11) is 0. The molecule has 0 bridgehead atoms. The van der Waals surface area contributed by atoms with Gasteiger partial charge in [-0.2, -0.15) is 0 Å². The Kier molecular flexibility index (Phi) is 5.42. The van der Waals surface area contributed by atoms with Crippen LogP contribution in [0.25, 0.3) is 0 Å². The van der Waals surface area contributed by atoms with Crippen molar-refractivity contribution in [3.05, 3.63) is 26.6 Å². The molecule has 0 radical (unpaired) electrons. The Balaban J connectivity index is 3.15. The molecule has 3 N–H and O–H groups in total. The van der Waals surface area contributed by atoms with Crippen LogP contribution in [0.2, 0.25) is 0 Å². The summed E-state index contributed by atoms with van der Waals surface area (Å²) in [5.41, 5.74) is 6.80. The smallest absolute Gasteiger partial charge is 0.307 e. The first-order valence-electron chi connectivity index (χ1n) is 4.52. The SMILES string of the molecule is NC(CCl)=Nc1c(Br)cc(CC(=O)O)cc1Br. The highest BCUT2D eigenvalue weighted by atomic mass is 79.9. The Bertz CT molecular complexity index is 454. The van der Waals surface area contributed by atoms with Gasteiger partial charge in [-0.05, 0) is 49.6 Å². The van der Waals surface area contributed by atoms with Gasteiger partial charge in [-0.15, -0.1) is 11.6 Å². The molecule has 0 saturated heterocycles. The van der Waals surface area contributed by atoms with Crippen molar-refractivity contribution in [2.45, 2.75) is 6.42 Å². The van der Waals surface area contributed by atoms with E-state index < -0.39 is 5.97 Å². The molecule has 0 aliphatic rings. The second kappa shape index (κ2) is 6.37. The number of hydrogen-bond acceptors (Lipinski definition) is 2. The highest BCUT2D eigenvalue weighted by Gasteiger charge is 2.09. The van der Waals surface area contributed by atoms with Gasteiger partial charge in [0.15, 0.2) is 0 Å². The lowest BCUT2D eigenvalue weighted by Gasteiger charge is -2.06. The molecule has 0 fully saturated rings. The van der Waals surface area contributed by atoms with Crippen LogP contribution < -0.4 is 5.73 Å². The number of aliphatic imine (C=N–C) groups is 1. The Morgan fingerprint density at radius 2 is 1.94 bits per heavy atom. The number of nitrogens with zero attached hydrogens (tertiary/aromatic N) is 1. The first-order chi connectivity index (χ1) is 7.93. The molecule has 4 nitrogen and oxygen atoms in total. The number of aliphatic carboxylic acids is 1. The highest BCUT2D eigenvalue weighted by Crippen LogP contribution is 2.35. The van der Waals surface area contributed by atoms with E-state index in [9.17, 15) is 4.79 Å². The third kappa shape index (κ3) is 4.29. The van der Waals surface area contributed by atoms with Crippen molar-refractivity contribution in [3.8, 4) is 0 Å². The van der Waals surface area contributed by atoms with Crippen molar-refractivity contribution < 1.29 is 9.90 Å². The first kappa shape index (κ1) is 14.5. The molecular formula is C10H9Br2ClN2O2. The number of amidine groups is 1. The van der Waals surface area contributed by atoms with E-state index in [1.807, 2.05) is 0 Å². The summed E-state index contributed by atoms with van der Waals surface area (Å²) in [4.78, 5) is 14.7. The number of benzene rings is 1. The normalized spacial score (nSPS) is 11.6. The topological polar surface area (TPSA) is 75.7 Å². The number of carboxylic acids is 1. The molecule has 1 rings (SSSR count). The largest absolute Gasteiger partial charge is 0.481 e. The Hall–Kier alpha value is -0.590. The van der Waals surface area contributed by atoms with Gasteiger partial charge in [0.05, 0.1) is 18.0 Å². The molecule has 1 aromatic carbocycles. The second-order valence-electron chi connectivity index (χ2n) is 3.22. The van der Waals surface area contributed by atoms with Crippen LogP contribution in [0.1, 0.15) is 5.56 Å². The van der Waals surface area contributed by atoms with Gasteiger partial charge in [0.1, 0.15) is 5.84 Å². The molecule has 1 aromatic rings. The van der Waals surface area contributed by atoms with E-state index in [1.165, 1.54) is 0 Å². The van der Waals surface area contributed by atoms with Gasteiger partial charge in [0.2, 0.25) is 0 Å². The summed E-state index contributed by atoms with van der Waals surface area (Å²) in [6, 6.07) is 3.39. The van der Waals surface area contributed by atoms with E-state index in [-0.39, 0.29) is 12.3 Å². The zero-order valence-corrected chi connectivity index (χ0v) is 12.5. The summed E-state index contributed by atoms with van der Waals surface area (Å²) in [5, 5.41) is 8.71. The van der Waals surface area contributed by atoms with E-state index >= 15 is 0 Å². The quantitative estimate of drug-likeness (QED) is 0.476. The summed E-state index contributed by atoms with van der Waals surface area (Å²) < 4.78 is 1.33.